The van der Waals surface area contributed by atoms with Gasteiger partial charge in [0.25, 0.3) is 11.8 Å². The lowest BCUT2D eigenvalue weighted by molar-refractivity contribution is -0.113. The molecule has 0 unspecified atom stereocenters. The largest absolute Gasteiger partial charge is 0.352 e. The summed E-state index contributed by atoms with van der Waals surface area (Å²) in [4.78, 5) is 41.3. The number of carbonyl (C=O) groups is 3. The van der Waals surface area contributed by atoms with Gasteiger partial charge in [-0.15, -0.1) is 11.6 Å². The van der Waals surface area contributed by atoms with Gasteiger partial charge in [-0.3, -0.25) is 14.4 Å². The van der Waals surface area contributed by atoms with Crippen molar-refractivity contribution in [1.29, 1.82) is 0 Å². The molecule has 34 heavy (non-hydrogen) atoms. The lowest BCUT2D eigenvalue weighted by Gasteiger charge is -2.12. The van der Waals surface area contributed by atoms with Crippen LogP contribution in [0, 0.1) is 0 Å². The SMILES string of the molecule is O=C(CCl)Nc1cc(C(=O)NCCc2ccc(Cl)c(Cl)c2)cc(C(=O)Nc2cccnc2Cl)c1. The molecule has 3 N–H and O–H groups in total. The van der Waals surface area contributed by atoms with Crippen molar-refractivity contribution in [3.8, 4) is 0 Å². The molecule has 7 nitrogen and oxygen atoms in total. The van der Waals surface area contributed by atoms with Crippen LogP contribution in [0.15, 0.2) is 54.7 Å². The van der Waals surface area contributed by atoms with Gasteiger partial charge in [0.2, 0.25) is 5.91 Å². The number of rotatable bonds is 8. The Balaban J connectivity index is 1.77. The second-order valence-corrected chi connectivity index (χ2v) is 8.47. The van der Waals surface area contributed by atoms with E-state index in [1.165, 1.54) is 24.4 Å². The van der Waals surface area contributed by atoms with E-state index >= 15 is 0 Å². The van der Waals surface area contributed by atoms with Gasteiger partial charge in [-0.2, -0.15) is 0 Å². The summed E-state index contributed by atoms with van der Waals surface area (Å²) in [6.45, 7) is 0.307. The fourth-order valence-electron chi connectivity index (χ4n) is 2.95. The monoisotopic (exact) mass is 538 g/mol. The molecule has 0 saturated heterocycles. The Morgan fingerprint density at radius 1 is 0.853 bits per heavy atom. The van der Waals surface area contributed by atoms with Gasteiger partial charge < -0.3 is 16.0 Å². The van der Waals surface area contributed by atoms with Crippen molar-refractivity contribution in [3.63, 3.8) is 0 Å². The van der Waals surface area contributed by atoms with Crippen molar-refractivity contribution < 1.29 is 14.4 Å². The molecule has 0 aliphatic heterocycles. The molecule has 0 fully saturated rings. The molecule has 0 spiro atoms. The average molecular weight is 540 g/mol. The number of alkyl halides is 1. The Hall–Kier alpha value is -2.84. The highest BCUT2D eigenvalue weighted by atomic mass is 35.5. The van der Waals surface area contributed by atoms with E-state index in [1.54, 1.807) is 24.3 Å². The van der Waals surface area contributed by atoms with E-state index in [1.807, 2.05) is 6.07 Å². The van der Waals surface area contributed by atoms with Crippen LogP contribution in [-0.2, 0) is 11.2 Å². The van der Waals surface area contributed by atoms with Crippen molar-refractivity contribution in [2.24, 2.45) is 0 Å². The van der Waals surface area contributed by atoms with E-state index in [-0.39, 0.29) is 27.8 Å². The minimum atomic E-state index is -0.540. The fraction of sp³-hybridized carbons (Fsp3) is 0.130. The number of benzene rings is 2. The third-order valence-corrected chi connectivity index (χ3v) is 5.84. The molecule has 1 heterocycles. The van der Waals surface area contributed by atoms with E-state index in [2.05, 4.69) is 20.9 Å². The summed E-state index contributed by atoms with van der Waals surface area (Å²) in [6.07, 6.45) is 2.00. The molecule has 0 aliphatic carbocycles. The number of nitrogens with one attached hydrogen (secondary N) is 3. The van der Waals surface area contributed by atoms with E-state index in [9.17, 15) is 14.4 Å². The number of nitrogens with zero attached hydrogens (tertiary/aromatic N) is 1. The second kappa shape index (κ2) is 12.0. The topological polar surface area (TPSA) is 100 Å². The van der Waals surface area contributed by atoms with Gasteiger partial charge in [0.1, 0.15) is 5.88 Å². The predicted molar refractivity (Wildman–Crippen MR) is 135 cm³/mol. The summed E-state index contributed by atoms with van der Waals surface area (Å²) < 4.78 is 0. The molecule has 176 valence electrons. The number of anilines is 2. The highest BCUT2D eigenvalue weighted by molar-refractivity contribution is 6.42. The molecular weight excluding hydrogens is 522 g/mol. The first-order valence-electron chi connectivity index (χ1n) is 9.91. The fourth-order valence-corrected chi connectivity index (χ4v) is 3.50. The van der Waals surface area contributed by atoms with Crippen molar-refractivity contribution in [2.45, 2.75) is 6.42 Å². The van der Waals surface area contributed by atoms with Crippen LogP contribution in [0.5, 0.6) is 0 Å². The summed E-state index contributed by atoms with van der Waals surface area (Å²) in [5.41, 5.74) is 1.74. The minimum absolute atomic E-state index is 0.114. The highest BCUT2D eigenvalue weighted by Gasteiger charge is 2.16. The van der Waals surface area contributed by atoms with Crippen LogP contribution in [0.4, 0.5) is 11.4 Å². The molecule has 3 aromatic rings. The first-order chi connectivity index (χ1) is 16.3. The standard InChI is InChI=1S/C23H18Cl4N4O3/c24-12-20(32)30-16-10-14(22(33)29-7-5-13-3-4-17(25)18(26)8-13)9-15(11-16)23(34)31-19-2-1-6-28-21(19)27/h1-4,6,8-11H,5,7,12H2,(H,29,33)(H,30,32)(H,31,34). The van der Waals surface area contributed by atoms with Crippen molar-refractivity contribution in [2.75, 3.05) is 23.1 Å². The molecular formula is C23H18Cl4N4O3. The van der Waals surface area contributed by atoms with Crippen LogP contribution in [0.1, 0.15) is 26.3 Å². The van der Waals surface area contributed by atoms with Crippen molar-refractivity contribution >= 4 is 75.5 Å². The molecule has 0 saturated carbocycles. The lowest BCUT2D eigenvalue weighted by Crippen LogP contribution is -2.26. The van der Waals surface area contributed by atoms with Gasteiger partial charge in [0.15, 0.2) is 5.15 Å². The van der Waals surface area contributed by atoms with Crippen LogP contribution >= 0.6 is 46.4 Å². The molecule has 11 heteroatoms. The van der Waals surface area contributed by atoms with Gasteiger partial charge in [0, 0.05) is 29.6 Å². The van der Waals surface area contributed by atoms with Crippen LogP contribution in [0.3, 0.4) is 0 Å². The molecule has 0 radical (unpaired) electrons. The number of pyridine rings is 1. The molecule has 0 atom stereocenters. The van der Waals surface area contributed by atoms with Gasteiger partial charge in [-0.25, -0.2) is 4.98 Å². The Labute approximate surface area is 215 Å². The Kier molecular flexibility index (Phi) is 9.12. The predicted octanol–water partition coefficient (Wildman–Crippen LogP) is 5.44. The zero-order valence-corrected chi connectivity index (χ0v) is 20.5. The third-order valence-electron chi connectivity index (χ3n) is 4.55. The number of halogens is 4. The second-order valence-electron chi connectivity index (χ2n) is 7.03. The summed E-state index contributed by atoms with van der Waals surface area (Å²) in [5, 5.41) is 8.96. The first kappa shape index (κ1) is 25.8. The lowest BCUT2D eigenvalue weighted by atomic mass is 10.1. The number of amides is 3. The summed E-state index contributed by atoms with van der Waals surface area (Å²) in [6, 6.07) is 12.7. The number of hydrogen-bond acceptors (Lipinski definition) is 4. The van der Waals surface area contributed by atoms with Gasteiger partial charge >= 0.3 is 0 Å². The molecule has 3 amide bonds. The van der Waals surface area contributed by atoms with Crippen LogP contribution in [0.2, 0.25) is 15.2 Å². The van der Waals surface area contributed by atoms with E-state index < -0.39 is 17.7 Å². The third kappa shape index (κ3) is 7.08. The average Bonchev–Trinajstić information content (AvgIpc) is 2.82. The molecule has 1 aromatic heterocycles. The minimum Gasteiger partial charge on any atom is -0.352 e. The maximum absolute atomic E-state index is 12.8. The highest BCUT2D eigenvalue weighted by Crippen LogP contribution is 2.23. The van der Waals surface area contributed by atoms with Gasteiger partial charge in [0.05, 0.1) is 15.7 Å². The Bertz CT molecular complexity index is 1240. The summed E-state index contributed by atoms with van der Waals surface area (Å²) in [7, 11) is 0. The van der Waals surface area contributed by atoms with Crippen LogP contribution < -0.4 is 16.0 Å². The van der Waals surface area contributed by atoms with Gasteiger partial charge in [-0.05, 0) is 54.4 Å². The summed E-state index contributed by atoms with van der Waals surface area (Å²) >= 11 is 23.5. The molecule has 2 aromatic carbocycles. The van der Waals surface area contributed by atoms with E-state index in [4.69, 9.17) is 46.4 Å². The van der Waals surface area contributed by atoms with Crippen LogP contribution in [0.25, 0.3) is 0 Å². The zero-order valence-electron chi connectivity index (χ0n) is 17.5. The summed E-state index contributed by atoms with van der Waals surface area (Å²) in [5.74, 6) is -1.75. The zero-order chi connectivity index (χ0) is 24.7. The number of aromatic nitrogens is 1. The van der Waals surface area contributed by atoms with Crippen molar-refractivity contribution in [1.82, 2.24) is 10.3 Å². The maximum atomic E-state index is 12.8. The molecule has 3 rings (SSSR count). The number of carbonyl (C=O) groups excluding carboxylic acids is 3. The smallest absolute Gasteiger partial charge is 0.255 e. The van der Waals surface area contributed by atoms with Gasteiger partial charge in [-0.1, -0.05) is 40.9 Å². The normalized spacial score (nSPS) is 10.5. The number of hydrogen-bond donors (Lipinski definition) is 3. The van der Waals surface area contributed by atoms with Crippen LogP contribution in [-0.4, -0.2) is 35.1 Å². The molecule has 0 bridgehead atoms. The first-order valence-corrected chi connectivity index (χ1v) is 11.6. The van der Waals surface area contributed by atoms with E-state index in [0.717, 1.165) is 5.56 Å². The quantitative estimate of drug-likeness (QED) is 0.262. The Morgan fingerprint density at radius 2 is 1.59 bits per heavy atom. The maximum Gasteiger partial charge on any atom is 0.255 e. The Morgan fingerprint density at radius 3 is 2.26 bits per heavy atom. The van der Waals surface area contributed by atoms with E-state index in [0.29, 0.717) is 28.7 Å². The molecule has 0 aliphatic rings. The van der Waals surface area contributed by atoms with Crippen molar-refractivity contribution in [3.05, 3.63) is 86.6 Å².